The fraction of sp³-hybridized carbons (Fsp3) is 0.286. The Morgan fingerprint density at radius 2 is 2.06 bits per heavy atom. The van der Waals surface area contributed by atoms with Gasteiger partial charge in [-0.05, 0) is 18.4 Å². The molecule has 0 bridgehead atoms. The van der Waals surface area contributed by atoms with Crippen LogP contribution < -0.4 is 0 Å². The van der Waals surface area contributed by atoms with Crippen molar-refractivity contribution in [2.45, 2.75) is 25.8 Å². The monoisotopic (exact) mass is 228 g/mol. The van der Waals surface area contributed by atoms with E-state index in [2.05, 4.69) is 17.1 Å². The van der Waals surface area contributed by atoms with Gasteiger partial charge in [0.2, 0.25) is 0 Å². The van der Waals surface area contributed by atoms with Gasteiger partial charge in [-0.3, -0.25) is 4.79 Å². The fourth-order valence-electron chi connectivity index (χ4n) is 1.80. The van der Waals surface area contributed by atoms with Gasteiger partial charge in [0, 0.05) is 18.8 Å². The highest BCUT2D eigenvalue weighted by molar-refractivity contribution is 5.78. The lowest BCUT2D eigenvalue weighted by Gasteiger charge is -2.02. The molecule has 1 aromatic carbocycles. The predicted molar refractivity (Wildman–Crippen MR) is 66.6 cm³/mol. The van der Waals surface area contributed by atoms with E-state index in [9.17, 15) is 4.79 Å². The molecule has 2 aromatic rings. The molecule has 3 heteroatoms. The van der Waals surface area contributed by atoms with Crippen LogP contribution in [0.15, 0.2) is 49.1 Å². The number of imidazole rings is 1. The van der Waals surface area contributed by atoms with Gasteiger partial charge in [-0.25, -0.2) is 4.98 Å². The number of ketones is 1. The van der Waals surface area contributed by atoms with Gasteiger partial charge in [0.25, 0.3) is 0 Å². The number of hydrogen-bond acceptors (Lipinski definition) is 2. The molecule has 0 atom stereocenters. The molecule has 17 heavy (non-hydrogen) atoms. The van der Waals surface area contributed by atoms with Gasteiger partial charge in [-0.15, -0.1) is 0 Å². The molecule has 0 aliphatic heterocycles. The number of Topliss-reactive ketones (excluding diaryl/α,β-unsaturated/α-hetero) is 1. The smallest absolute Gasteiger partial charge is 0.152 e. The van der Waals surface area contributed by atoms with E-state index < -0.39 is 0 Å². The van der Waals surface area contributed by atoms with E-state index in [4.69, 9.17) is 0 Å². The van der Waals surface area contributed by atoms with E-state index in [1.807, 2.05) is 29.0 Å². The fourth-order valence-corrected chi connectivity index (χ4v) is 1.80. The van der Waals surface area contributed by atoms with E-state index in [1.165, 1.54) is 5.56 Å². The Balaban J connectivity index is 1.70. The number of rotatable bonds is 6. The Morgan fingerprint density at radius 3 is 2.76 bits per heavy atom. The van der Waals surface area contributed by atoms with Crippen molar-refractivity contribution in [1.82, 2.24) is 9.55 Å². The number of carbonyl (C=O) groups is 1. The molecule has 1 aromatic heterocycles. The Kier molecular flexibility index (Phi) is 4.08. The van der Waals surface area contributed by atoms with Gasteiger partial charge in [-0.2, -0.15) is 0 Å². The first-order valence-corrected chi connectivity index (χ1v) is 5.86. The lowest BCUT2D eigenvalue weighted by molar-refractivity contribution is -0.119. The summed E-state index contributed by atoms with van der Waals surface area (Å²) in [7, 11) is 0. The molecule has 0 saturated carbocycles. The highest BCUT2D eigenvalue weighted by Gasteiger charge is 2.02. The first-order chi connectivity index (χ1) is 8.34. The summed E-state index contributed by atoms with van der Waals surface area (Å²) in [6.07, 6.45) is 7.70. The van der Waals surface area contributed by atoms with Gasteiger partial charge in [0.1, 0.15) is 0 Å². The molecular formula is C14H16N2O. The molecule has 88 valence electrons. The first-order valence-electron chi connectivity index (χ1n) is 5.86. The number of carbonyl (C=O) groups excluding carboxylic acids is 1. The Labute approximate surface area is 101 Å². The molecule has 0 unspecified atom stereocenters. The molecule has 1 heterocycles. The summed E-state index contributed by atoms with van der Waals surface area (Å²) < 4.78 is 1.81. The number of benzene rings is 1. The quantitative estimate of drug-likeness (QED) is 0.761. The maximum absolute atomic E-state index is 11.7. The van der Waals surface area contributed by atoms with Crippen LogP contribution in [0.4, 0.5) is 0 Å². The third-order valence-corrected chi connectivity index (χ3v) is 2.68. The number of aryl methyl sites for hydroxylation is 1. The third-order valence-electron chi connectivity index (χ3n) is 2.68. The minimum atomic E-state index is 0.263. The molecular weight excluding hydrogens is 212 g/mol. The second kappa shape index (κ2) is 5.99. The molecule has 0 fully saturated rings. The standard InChI is InChI=1S/C14H16N2O/c17-14(11-16-10-9-15-12-16)8-4-7-13-5-2-1-3-6-13/h1-3,5-6,9-10,12H,4,7-8,11H2. The van der Waals surface area contributed by atoms with Crippen molar-refractivity contribution < 1.29 is 4.79 Å². The molecule has 0 saturated heterocycles. The average Bonchev–Trinajstić information content (AvgIpc) is 2.83. The summed E-state index contributed by atoms with van der Waals surface area (Å²) in [5, 5.41) is 0. The van der Waals surface area contributed by atoms with Crippen molar-refractivity contribution in [2.24, 2.45) is 0 Å². The van der Waals surface area contributed by atoms with E-state index in [-0.39, 0.29) is 5.78 Å². The molecule has 2 rings (SSSR count). The maximum Gasteiger partial charge on any atom is 0.152 e. The second-order valence-electron chi connectivity index (χ2n) is 4.11. The molecule has 0 aliphatic rings. The zero-order valence-electron chi connectivity index (χ0n) is 9.75. The summed E-state index contributed by atoms with van der Waals surface area (Å²) in [5.74, 6) is 0.263. The highest BCUT2D eigenvalue weighted by Crippen LogP contribution is 2.05. The van der Waals surface area contributed by atoms with Crippen LogP contribution in [0.2, 0.25) is 0 Å². The highest BCUT2D eigenvalue weighted by atomic mass is 16.1. The topological polar surface area (TPSA) is 34.9 Å². The van der Waals surface area contributed by atoms with Crippen LogP contribution in [0.25, 0.3) is 0 Å². The van der Waals surface area contributed by atoms with Crippen molar-refractivity contribution in [2.75, 3.05) is 0 Å². The second-order valence-corrected chi connectivity index (χ2v) is 4.11. The number of aromatic nitrogens is 2. The van der Waals surface area contributed by atoms with Crippen LogP contribution >= 0.6 is 0 Å². The van der Waals surface area contributed by atoms with Crippen molar-refractivity contribution >= 4 is 5.78 Å². The van der Waals surface area contributed by atoms with Crippen molar-refractivity contribution in [3.8, 4) is 0 Å². The molecule has 0 spiro atoms. The van der Waals surface area contributed by atoms with E-state index in [0.29, 0.717) is 13.0 Å². The Morgan fingerprint density at radius 1 is 1.24 bits per heavy atom. The van der Waals surface area contributed by atoms with Crippen molar-refractivity contribution in [3.63, 3.8) is 0 Å². The van der Waals surface area contributed by atoms with Crippen LogP contribution in [0.5, 0.6) is 0 Å². The predicted octanol–water partition coefficient (Wildman–Crippen LogP) is 2.48. The average molecular weight is 228 g/mol. The molecule has 0 N–H and O–H groups in total. The Bertz CT molecular complexity index is 448. The largest absolute Gasteiger partial charge is 0.330 e. The summed E-state index contributed by atoms with van der Waals surface area (Å²) in [4.78, 5) is 15.6. The summed E-state index contributed by atoms with van der Waals surface area (Å²) >= 11 is 0. The lowest BCUT2D eigenvalue weighted by atomic mass is 10.1. The minimum absolute atomic E-state index is 0.263. The third kappa shape index (κ3) is 3.87. The van der Waals surface area contributed by atoms with Crippen molar-refractivity contribution in [3.05, 3.63) is 54.6 Å². The minimum Gasteiger partial charge on any atom is -0.330 e. The van der Waals surface area contributed by atoms with Crippen LogP contribution in [0.3, 0.4) is 0 Å². The van der Waals surface area contributed by atoms with Gasteiger partial charge in [-0.1, -0.05) is 30.3 Å². The summed E-state index contributed by atoms with van der Waals surface area (Å²) in [6, 6.07) is 10.3. The summed E-state index contributed by atoms with van der Waals surface area (Å²) in [6.45, 7) is 0.439. The van der Waals surface area contributed by atoms with E-state index in [1.54, 1.807) is 12.5 Å². The molecule has 3 nitrogen and oxygen atoms in total. The van der Waals surface area contributed by atoms with Gasteiger partial charge in [0.15, 0.2) is 5.78 Å². The van der Waals surface area contributed by atoms with E-state index >= 15 is 0 Å². The van der Waals surface area contributed by atoms with Gasteiger partial charge >= 0.3 is 0 Å². The SMILES string of the molecule is O=C(CCCc1ccccc1)Cn1ccnc1. The molecule has 0 amide bonds. The number of hydrogen-bond donors (Lipinski definition) is 0. The lowest BCUT2D eigenvalue weighted by Crippen LogP contribution is -2.08. The normalized spacial score (nSPS) is 10.4. The number of nitrogens with zero attached hydrogens (tertiary/aromatic N) is 2. The van der Waals surface area contributed by atoms with Crippen LogP contribution in [0.1, 0.15) is 18.4 Å². The van der Waals surface area contributed by atoms with Crippen LogP contribution in [0, 0.1) is 0 Å². The maximum atomic E-state index is 11.7. The molecule has 0 radical (unpaired) electrons. The van der Waals surface area contributed by atoms with Crippen molar-refractivity contribution in [1.29, 1.82) is 0 Å². The summed E-state index contributed by atoms with van der Waals surface area (Å²) in [5.41, 5.74) is 1.29. The first kappa shape index (κ1) is 11.6. The zero-order valence-corrected chi connectivity index (χ0v) is 9.75. The molecule has 0 aliphatic carbocycles. The van der Waals surface area contributed by atoms with E-state index in [0.717, 1.165) is 12.8 Å². The van der Waals surface area contributed by atoms with Gasteiger partial charge in [0.05, 0.1) is 12.9 Å². The Hall–Kier alpha value is -1.90. The van der Waals surface area contributed by atoms with Crippen LogP contribution in [-0.2, 0) is 17.8 Å². The van der Waals surface area contributed by atoms with Crippen LogP contribution in [-0.4, -0.2) is 15.3 Å². The van der Waals surface area contributed by atoms with Gasteiger partial charge < -0.3 is 4.57 Å². The zero-order chi connectivity index (χ0) is 11.9.